The molecule has 0 spiro atoms. The summed E-state index contributed by atoms with van der Waals surface area (Å²) in [5.74, 6) is 0.653. The Bertz CT molecular complexity index is 307. The highest BCUT2D eigenvalue weighted by Gasteiger charge is 2.20. The molecule has 1 aromatic rings. The van der Waals surface area contributed by atoms with Crippen LogP contribution in [0.15, 0.2) is 16.7 Å². The molecule has 2 heterocycles. The molecule has 2 rings (SSSR count). The molecule has 2 N–H and O–H groups in total. The van der Waals surface area contributed by atoms with Gasteiger partial charge in [-0.2, -0.15) is 0 Å². The minimum absolute atomic E-state index is 0.0145. The van der Waals surface area contributed by atoms with Gasteiger partial charge in [0.05, 0.1) is 6.26 Å². The number of ether oxygens (including phenoxy) is 1. The fourth-order valence-corrected chi connectivity index (χ4v) is 2.29. The van der Waals surface area contributed by atoms with Gasteiger partial charge >= 0.3 is 0 Å². The van der Waals surface area contributed by atoms with Crippen LogP contribution in [-0.2, 0) is 4.74 Å². The van der Waals surface area contributed by atoms with E-state index in [0.717, 1.165) is 38.0 Å². The van der Waals surface area contributed by atoms with E-state index in [1.807, 2.05) is 6.07 Å². The van der Waals surface area contributed by atoms with E-state index in [9.17, 15) is 0 Å². The Morgan fingerprint density at radius 3 is 2.80 bits per heavy atom. The first-order valence-corrected chi connectivity index (χ1v) is 5.71. The topological polar surface area (TPSA) is 48.4 Å². The molecule has 0 aromatic carbocycles. The van der Waals surface area contributed by atoms with Crippen LogP contribution in [0.4, 0.5) is 0 Å². The van der Waals surface area contributed by atoms with E-state index in [1.165, 1.54) is 0 Å². The quantitative estimate of drug-likeness (QED) is 0.867. The van der Waals surface area contributed by atoms with Gasteiger partial charge in [0.15, 0.2) is 5.22 Å². The third kappa shape index (κ3) is 2.74. The molecule has 1 aliphatic heterocycles. The summed E-state index contributed by atoms with van der Waals surface area (Å²) in [5, 5.41) is 0.426. The fraction of sp³-hybridized carbons (Fsp3) is 0.636. The third-order valence-electron chi connectivity index (χ3n) is 2.97. The lowest BCUT2D eigenvalue weighted by molar-refractivity contribution is 0.0618. The number of rotatable bonds is 3. The zero-order valence-electron chi connectivity index (χ0n) is 8.62. The fourth-order valence-electron chi connectivity index (χ4n) is 2.04. The molecule has 0 saturated carbocycles. The van der Waals surface area contributed by atoms with Gasteiger partial charge in [-0.15, -0.1) is 0 Å². The van der Waals surface area contributed by atoms with E-state index in [2.05, 4.69) is 0 Å². The Morgan fingerprint density at radius 2 is 2.20 bits per heavy atom. The lowest BCUT2D eigenvalue weighted by Crippen LogP contribution is -2.21. The van der Waals surface area contributed by atoms with Crippen molar-refractivity contribution in [3.63, 3.8) is 0 Å². The highest BCUT2D eigenvalue weighted by molar-refractivity contribution is 6.29. The van der Waals surface area contributed by atoms with Gasteiger partial charge in [-0.25, -0.2) is 0 Å². The standard InChI is InChI=1S/C11H16ClNO2/c12-11-9(3-6-15-11)10(13)7-8-1-4-14-5-2-8/h3,6,8,10H,1-2,4-5,7,13H2. The Hall–Kier alpha value is -0.510. The summed E-state index contributed by atoms with van der Waals surface area (Å²) in [4.78, 5) is 0. The highest BCUT2D eigenvalue weighted by atomic mass is 35.5. The summed E-state index contributed by atoms with van der Waals surface area (Å²) in [6.45, 7) is 1.72. The lowest BCUT2D eigenvalue weighted by Gasteiger charge is -2.24. The van der Waals surface area contributed by atoms with Crippen LogP contribution < -0.4 is 5.73 Å². The van der Waals surface area contributed by atoms with Crippen molar-refractivity contribution >= 4 is 11.6 Å². The monoisotopic (exact) mass is 229 g/mol. The van der Waals surface area contributed by atoms with E-state index in [-0.39, 0.29) is 6.04 Å². The summed E-state index contributed by atoms with van der Waals surface area (Å²) in [6.07, 6.45) is 4.75. The van der Waals surface area contributed by atoms with Crippen molar-refractivity contribution < 1.29 is 9.15 Å². The van der Waals surface area contributed by atoms with Crippen molar-refractivity contribution in [1.82, 2.24) is 0 Å². The van der Waals surface area contributed by atoms with Crippen molar-refractivity contribution in [2.75, 3.05) is 13.2 Å². The van der Waals surface area contributed by atoms with Gasteiger partial charge in [-0.05, 0) is 42.8 Å². The summed E-state index contributed by atoms with van der Waals surface area (Å²) >= 11 is 5.88. The number of hydrogen-bond acceptors (Lipinski definition) is 3. The number of halogens is 1. The van der Waals surface area contributed by atoms with E-state index >= 15 is 0 Å². The van der Waals surface area contributed by atoms with Crippen LogP contribution in [0.5, 0.6) is 0 Å². The zero-order chi connectivity index (χ0) is 10.7. The molecule has 0 bridgehead atoms. The summed E-state index contributed by atoms with van der Waals surface area (Å²) in [7, 11) is 0. The summed E-state index contributed by atoms with van der Waals surface area (Å²) < 4.78 is 10.3. The predicted octanol–water partition coefficient (Wildman–Crippen LogP) is 2.75. The van der Waals surface area contributed by atoms with Gasteiger partial charge in [0.1, 0.15) is 0 Å². The van der Waals surface area contributed by atoms with Crippen molar-refractivity contribution in [3.8, 4) is 0 Å². The molecule has 1 saturated heterocycles. The molecule has 1 fully saturated rings. The van der Waals surface area contributed by atoms with Crippen molar-refractivity contribution in [2.45, 2.75) is 25.3 Å². The molecule has 15 heavy (non-hydrogen) atoms. The lowest BCUT2D eigenvalue weighted by atomic mass is 9.91. The minimum Gasteiger partial charge on any atom is -0.453 e. The molecule has 1 aliphatic rings. The predicted molar refractivity (Wildman–Crippen MR) is 58.8 cm³/mol. The normalized spacial score (nSPS) is 20.4. The number of furan rings is 1. The van der Waals surface area contributed by atoms with Crippen LogP contribution in [-0.4, -0.2) is 13.2 Å². The molecule has 1 atom stereocenters. The second kappa shape index (κ2) is 5.01. The Balaban J connectivity index is 1.91. The molecule has 0 radical (unpaired) electrons. The Kier molecular flexibility index (Phi) is 3.67. The summed E-state index contributed by atoms with van der Waals surface area (Å²) in [6, 6.07) is 1.84. The van der Waals surface area contributed by atoms with Crippen LogP contribution in [0.25, 0.3) is 0 Å². The van der Waals surface area contributed by atoms with Gasteiger partial charge in [-0.1, -0.05) is 0 Å². The molecular formula is C11H16ClNO2. The van der Waals surface area contributed by atoms with Crippen LogP contribution >= 0.6 is 11.6 Å². The van der Waals surface area contributed by atoms with Crippen LogP contribution in [0.1, 0.15) is 30.9 Å². The van der Waals surface area contributed by atoms with E-state index in [0.29, 0.717) is 11.1 Å². The average molecular weight is 230 g/mol. The molecule has 1 aromatic heterocycles. The SMILES string of the molecule is NC(CC1CCOCC1)c1ccoc1Cl. The van der Waals surface area contributed by atoms with Crippen LogP contribution in [0, 0.1) is 5.92 Å². The number of hydrogen-bond donors (Lipinski definition) is 1. The molecule has 4 heteroatoms. The van der Waals surface area contributed by atoms with Crippen molar-refractivity contribution in [1.29, 1.82) is 0 Å². The van der Waals surface area contributed by atoms with E-state index in [4.69, 9.17) is 26.5 Å². The van der Waals surface area contributed by atoms with Gasteiger partial charge in [0.25, 0.3) is 0 Å². The zero-order valence-corrected chi connectivity index (χ0v) is 9.37. The van der Waals surface area contributed by atoms with E-state index in [1.54, 1.807) is 6.26 Å². The van der Waals surface area contributed by atoms with E-state index < -0.39 is 0 Å². The van der Waals surface area contributed by atoms with Gasteiger partial charge in [0, 0.05) is 24.8 Å². The van der Waals surface area contributed by atoms with Crippen LogP contribution in [0.3, 0.4) is 0 Å². The summed E-state index contributed by atoms with van der Waals surface area (Å²) in [5.41, 5.74) is 7.01. The molecule has 84 valence electrons. The third-order valence-corrected chi connectivity index (χ3v) is 3.28. The average Bonchev–Trinajstić information content (AvgIpc) is 2.66. The Morgan fingerprint density at radius 1 is 1.47 bits per heavy atom. The van der Waals surface area contributed by atoms with Gasteiger partial charge < -0.3 is 14.9 Å². The second-order valence-electron chi connectivity index (χ2n) is 4.05. The molecule has 0 amide bonds. The first-order valence-electron chi connectivity index (χ1n) is 5.33. The maximum atomic E-state index is 6.09. The van der Waals surface area contributed by atoms with Crippen LogP contribution in [0.2, 0.25) is 5.22 Å². The molecule has 0 aliphatic carbocycles. The maximum Gasteiger partial charge on any atom is 0.197 e. The van der Waals surface area contributed by atoms with Crippen molar-refractivity contribution in [3.05, 3.63) is 23.1 Å². The van der Waals surface area contributed by atoms with Gasteiger partial charge in [-0.3, -0.25) is 0 Å². The minimum atomic E-state index is -0.0145. The largest absolute Gasteiger partial charge is 0.453 e. The second-order valence-corrected chi connectivity index (χ2v) is 4.39. The molecule has 3 nitrogen and oxygen atoms in total. The first-order chi connectivity index (χ1) is 7.27. The number of nitrogens with two attached hydrogens (primary N) is 1. The first kappa shape index (κ1) is 11.0. The van der Waals surface area contributed by atoms with Gasteiger partial charge in [0.2, 0.25) is 0 Å². The molecular weight excluding hydrogens is 214 g/mol. The maximum absolute atomic E-state index is 6.09. The Labute approximate surface area is 94.5 Å². The highest BCUT2D eigenvalue weighted by Crippen LogP contribution is 2.30. The smallest absolute Gasteiger partial charge is 0.197 e. The van der Waals surface area contributed by atoms with Crippen molar-refractivity contribution in [2.24, 2.45) is 11.7 Å². The molecule has 1 unspecified atom stereocenters.